The average Bonchev–Trinajstić information content (AvgIpc) is 2.86. The summed E-state index contributed by atoms with van der Waals surface area (Å²) in [7, 11) is 1.66. The minimum absolute atomic E-state index is 0.0768. The topological polar surface area (TPSA) is 50.4 Å². The first kappa shape index (κ1) is 21.6. The predicted octanol–water partition coefficient (Wildman–Crippen LogP) is 5.55. The minimum Gasteiger partial charge on any atom is -0.497 e. The highest BCUT2D eigenvalue weighted by molar-refractivity contribution is 5.95. The van der Waals surface area contributed by atoms with Crippen LogP contribution in [-0.4, -0.2) is 19.6 Å². The van der Waals surface area contributed by atoms with E-state index in [0.29, 0.717) is 12.1 Å². The Bertz CT molecular complexity index is 1200. The zero-order valence-electron chi connectivity index (χ0n) is 18.5. The van der Waals surface area contributed by atoms with Gasteiger partial charge in [-0.3, -0.25) is 4.79 Å². The van der Waals surface area contributed by atoms with Crippen LogP contribution in [0.3, 0.4) is 0 Å². The zero-order valence-corrected chi connectivity index (χ0v) is 18.5. The highest BCUT2D eigenvalue weighted by Crippen LogP contribution is 2.23. The van der Waals surface area contributed by atoms with Crippen molar-refractivity contribution in [3.63, 3.8) is 0 Å². The van der Waals surface area contributed by atoms with Crippen LogP contribution < -0.4 is 15.4 Å². The highest BCUT2D eigenvalue weighted by atomic mass is 16.5. The third-order valence-electron chi connectivity index (χ3n) is 5.62. The SMILES string of the molecule is CCNCc1ccc2c(CNC(=O)c3ccc(-c4ccc(OC)cc4)cc3)cccc2c1. The molecule has 0 bridgehead atoms. The van der Waals surface area contributed by atoms with Gasteiger partial charge >= 0.3 is 0 Å². The second-order valence-electron chi connectivity index (χ2n) is 7.74. The first-order valence-electron chi connectivity index (χ1n) is 10.9. The van der Waals surface area contributed by atoms with Crippen LogP contribution in [0, 0.1) is 0 Å². The molecule has 4 nitrogen and oxygen atoms in total. The number of ether oxygens (including phenoxy) is 1. The standard InChI is InChI=1S/C28H28N2O2/c1-3-29-18-20-7-16-27-24(17-20)5-4-6-25(27)19-30-28(31)23-10-8-21(9-11-23)22-12-14-26(32-2)15-13-22/h4-17,29H,3,18-19H2,1-2H3,(H,30,31). The minimum atomic E-state index is -0.0768. The van der Waals surface area contributed by atoms with Gasteiger partial charge in [-0.25, -0.2) is 0 Å². The van der Waals surface area contributed by atoms with Crippen molar-refractivity contribution in [1.82, 2.24) is 10.6 Å². The maximum Gasteiger partial charge on any atom is 0.251 e. The second kappa shape index (κ2) is 10.1. The van der Waals surface area contributed by atoms with Crippen LogP contribution in [0.5, 0.6) is 5.75 Å². The molecule has 0 radical (unpaired) electrons. The third kappa shape index (κ3) is 4.98. The number of carbonyl (C=O) groups excluding carboxylic acids is 1. The summed E-state index contributed by atoms with van der Waals surface area (Å²) in [5, 5.41) is 8.78. The molecular formula is C28H28N2O2. The van der Waals surface area contributed by atoms with Gasteiger partial charge in [-0.2, -0.15) is 0 Å². The Kier molecular flexibility index (Phi) is 6.83. The summed E-state index contributed by atoms with van der Waals surface area (Å²) in [5.41, 5.74) is 5.17. The van der Waals surface area contributed by atoms with Crippen molar-refractivity contribution in [2.45, 2.75) is 20.0 Å². The average molecular weight is 425 g/mol. The van der Waals surface area contributed by atoms with Crippen LogP contribution >= 0.6 is 0 Å². The van der Waals surface area contributed by atoms with Gasteiger partial charge in [0.25, 0.3) is 5.91 Å². The summed E-state index contributed by atoms with van der Waals surface area (Å²) in [6.07, 6.45) is 0. The Morgan fingerprint density at radius 1 is 0.844 bits per heavy atom. The molecule has 32 heavy (non-hydrogen) atoms. The smallest absolute Gasteiger partial charge is 0.251 e. The molecule has 162 valence electrons. The molecule has 0 atom stereocenters. The molecule has 0 heterocycles. The third-order valence-corrected chi connectivity index (χ3v) is 5.62. The van der Waals surface area contributed by atoms with E-state index in [0.717, 1.165) is 35.5 Å². The van der Waals surface area contributed by atoms with E-state index in [1.54, 1.807) is 7.11 Å². The molecule has 0 fully saturated rings. The van der Waals surface area contributed by atoms with Crippen molar-refractivity contribution < 1.29 is 9.53 Å². The summed E-state index contributed by atoms with van der Waals surface area (Å²) in [4.78, 5) is 12.7. The lowest BCUT2D eigenvalue weighted by molar-refractivity contribution is 0.0951. The lowest BCUT2D eigenvalue weighted by atomic mass is 10.0. The fourth-order valence-corrected chi connectivity index (χ4v) is 3.81. The number of nitrogens with one attached hydrogen (secondary N) is 2. The lowest BCUT2D eigenvalue weighted by Crippen LogP contribution is -2.22. The molecule has 0 saturated carbocycles. The first-order valence-corrected chi connectivity index (χ1v) is 10.9. The molecule has 0 aliphatic heterocycles. The van der Waals surface area contributed by atoms with Crippen LogP contribution in [0.4, 0.5) is 0 Å². The molecule has 4 rings (SSSR count). The molecular weight excluding hydrogens is 396 g/mol. The van der Waals surface area contributed by atoms with Gasteiger partial charge in [-0.1, -0.05) is 61.5 Å². The first-order chi connectivity index (χ1) is 15.7. The summed E-state index contributed by atoms with van der Waals surface area (Å²) >= 11 is 0. The van der Waals surface area contributed by atoms with E-state index in [2.05, 4.69) is 47.9 Å². The number of fused-ring (bicyclic) bond motifs is 1. The number of benzene rings is 4. The van der Waals surface area contributed by atoms with E-state index in [1.165, 1.54) is 16.3 Å². The van der Waals surface area contributed by atoms with Crippen molar-refractivity contribution in [3.05, 3.63) is 102 Å². The molecule has 4 aromatic carbocycles. The number of carbonyl (C=O) groups is 1. The lowest BCUT2D eigenvalue weighted by Gasteiger charge is -2.11. The summed E-state index contributed by atoms with van der Waals surface area (Å²) in [6.45, 7) is 4.41. The van der Waals surface area contributed by atoms with Crippen LogP contribution in [0.1, 0.15) is 28.4 Å². The largest absolute Gasteiger partial charge is 0.497 e. The van der Waals surface area contributed by atoms with E-state index in [1.807, 2.05) is 54.6 Å². The Morgan fingerprint density at radius 3 is 2.25 bits per heavy atom. The molecule has 0 saturated heterocycles. The fourth-order valence-electron chi connectivity index (χ4n) is 3.81. The Labute approximate surface area is 189 Å². The highest BCUT2D eigenvalue weighted by Gasteiger charge is 2.08. The van der Waals surface area contributed by atoms with Crippen LogP contribution in [0.2, 0.25) is 0 Å². The number of amides is 1. The van der Waals surface area contributed by atoms with Gasteiger partial charge in [-0.15, -0.1) is 0 Å². The van der Waals surface area contributed by atoms with Crippen molar-refractivity contribution in [2.75, 3.05) is 13.7 Å². The summed E-state index contributed by atoms with van der Waals surface area (Å²) < 4.78 is 5.21. The van der Waals surface area contributed by atoms with Gasteiger partial charge in [0.1, 0.15) is 5.75 Å². The molecule has 0 aromatic heterocycles. The molecule has 0 unspecified atom stereocenters. The van der Waals surface area contributed by atoms with Crippen molar-refractivity contribution in [2.24, 2.45) is 0 Å². The van der Waals surface area contributed by atoms with E-state index >= 15 is 0 Å². The van der Waals surface area contributed by atoms with Gasteiger partial charge in [0.05, 0.1) is 7.11 Å². The Morgan fingerprint density at radius 2 is 1.56 bits per heavy atom. The molecule has 0 aliphatic rings. The van der Waals surface area contributed by atoms with Crippen LogP contribution in [-0.2, 0) is 13.1 Å². The molecule has 1 amide bonds. The normalized spacial score (nSPS) is 10.8. The number of rotatable bonds is 8. The molecule has 0 aliphatic carbocycles. The quantitative estimate of drug-likeness (QED) is 0.390. The van der Waals surface area contributed by atoms with Gasteiger partial charge in [-0.05, 0) is 69.9 Å². The van der Waals surface area contributed by atoms with Gasteiger partial charge in [0.15, 0.2) is 0 Å². The molecule has 4 heteroatoms. The number of hydrogen-bond donors (Lipinski definition) is 2. The Balaban J connectivity index is 1.43. The van der Waals surface area contributed by atoms with Crippen molar-refractivity contribution in [1.29, 1.82) is 0 Å². The molecule has 0 spiro atoms. The van der Waals surface area contributed by atoms with Gasteiger partial charge in [0.2, 0.25) is 0 Å². The Hall–Kier alpha value is -3.63. The second-order valence-corrected chi connectivity index (χ2v) is 7.74. The van der Waals surface area contributed by atoms with Crippen LogP contribution in [0.25, 0.3) is 21.9 Å². The molecule has 2 N–H and O–H groups in total. The van der Waals surface area contributed by atoms with E-state index in [4.69, 9.17) is 4.74 Å². The van der Waals surface area contributed by atoms with Crippen molar-refractivity contribution in [3.8, 4) is 16.9 Å². The zero-order chi connectivity index (χ0) is 22.3. The van der Waals surface area contributed by atoms with Gasteiger partial charge < -0.3 is 15.4 Å². The fraction of sp³-hybridized carbons (Fsp3) is 0.179. The predicted molar refractivity (Wildman–Crippen MR) is 131 cm³/mol. The number of methoxy groups -OCH3 is 1. The van der Waals surface area contributed by atoms with E-state index in [-0.39, 0.29) is 5.91 Å². The van der Waals surface area contributed by atoms with E-state index < -0.39 is 0 Å². The summed E-state index contributed by atoms with van der Waals surface area (Å²) in [6, 6.07) is 28.3. The summed E-state index contributed by atoms with van der Waals surface area (Å²) in [5.74, 6) is 0.749. The maximum absolute atomic E-state index is 12.7. The number of hydrogen-bond acceptors (Lipinski definition) is 3. The van der Waals surface area contributed by atoms with Crippen LogP contribution in [0.15, 0.2) is 84.9 Å². The maximum atomic E-state index is 12.7. The van der Waals surface area contributed by atoms with E-state index in [9.17, 15) is 4.79 Å². The van der Waals surface area contributed by atoms with Crippen molar-refractivity contribution >= 4 is 16.7 Å². The molecule has 4 aromatic rings. The van der Waals surface area contributed by atoms with Gasteiger partial charge in [0, 0.05) is 18.7 Å². The monoisotopic (exact) mass is 424 g/mol.